The Morgan fingerprint density at radius 2 is 2.20 bits per heavy atom. The standard InChI is InChI=1S/C16H23N3O/c1-13-8-10-19(12-13)9-5-11-20-16-14-6-3-4-7-15(14)18(2)17-16/h3-4,6-7,13H,5,8-12H2,1-2H3/t13-/m1/s1. The quantitative estimate of drug-likeness (QED) is 0.785. The molecule has 20 heavy (non-hydrogen) atoms. The Bertz CT molecular complexity index is 578. The highest BCUT2D eigenvalue weighted by molar-refractivity contribution is 5.84. The van der Waals surface area contributed by atoms with Gasteiger partial charge in [0.15, 0.2) is 0 Å². The van der Waals surface area contributed by atoms with Crippen molar-refractivity contribution in [3.05, 3.63) is 24.3 Å². The Morgan fingerprint density at radius 1 is 1.35 bits per heavy atom. The lowest BCUT2D eigenvalue weighted by Gasteiger charge is -2.14. The molecule has 1 atom stereocenters. The van der Waals surface area contributed by atoms with Crippen LogP contribution in [0.4, 0.5) is 0 Å². The highest BCUT2D eigenvalue weighted by atomic mass is 16.5. The van der Waals surface area contributed by atoms with E-state index in [4.69, 9.17) is 4.74 Å². The molecule has 0 aliphatic carbocycles. The van der Waals surface area contributed by atoms with Crippen molar-refractivity contribution in [2.75, 3.05) is 26.2 Å². The zero-order valence-electron chi connectivity index (χ0n) is 12.4. The first-order valence-corrected chi connectivity index (χ1v) is 7.51. The van der Waals surface area contributed by atoms with Crippen molar-refractivity contribution in [3.8, 4) is 5.88 Å². The van der Waals surface area contributed by atoms with Crippen LogP contribution in [0.2, 0.25) is 0 Å². The summed E-state index contributed by atoms with van der Waals surface area (Å²) in [6.07, 6.45) is 2.41. The summed E-state index contributed by atoms with van der Waals surface area (Å²) in [5.41, 5.74) is 1.12. The molecule has 3 rings (SSSR count). The minimum atomic E-state index is 0.742. The molecule has 0 spiro atoms. The third-order valence-electron chi connectivity index (χ3n) is 4.09. The topological polar surface area (TPSA) is 30.3 Å². The van der Waals surface area contributed by atoms with Gasteiger partial charge in [0, 0.05) is 20.1 Å². The van der Waals surface area contributed by atoms with Gasteiger partial charge in [-0.25, -0.2) is 0 Å². The first kappa shape index (κ1) is 13.4. The molecule has 0 bridgehead atoms. The van der Waals surface area contributed by atoms with Crippen LogP contribution >= 0.6 is 0 Å². The Morgan fingerprint density at radius 3 is 3.00 bits per heavy atom. The van der Waals surface area contributed by atoms with Gasteiger partial charge in [-0.1, -0.05) is 19.1 Å². The molecule has 1 aliphatic heterocycles. The smallest absolute Gasteiger partial charge is 0.240 e. The molecular formula is C16H23N3O. The van der Waals surface area contributed by atoms with Crippen LogP contribution < -0.4 is 4.74 Å². The molecule has 1 aromatic heterocycles. The number of rotatable bonds is 5. The molecule has 108 valence electrons. The van der Waals surface area contributed by atoms with Crippen molar-refractivity contribution in [1.29, 1.82) is 0 Å². The molecule has 1 aliphatic rings. The van der Waals surface area contributed by atoms with Gasteiger partial charge in [-0.2, -0.15) is 0 Å². The molecule has 4 heteroatoms. The third kappa shape index (κ3) is 2.80. The van der Waals surface area contributed by atoms with Crippen molar-refractivity contribution in [3.63, 3.8) is 0 Å². The number of aromatic nitrogens is 2. The number of likely N-dealkylation sites (tertiary alicyclic amines) is 1. The predicted molar refractivity (Wildman–Crippen MR) is 81.0 cm³/mol. The molecule has 1 aromatic carbocycles. The molecule has 2 aromatic rings. The number of benzene rings is 1. The van der Waals surface area contributed by atoms with E-state index in [-0.39, 0.29) is 0 Å². The highest BCUT2D eigenvalue weighted by Crippen LogP contribution is 2.24. The number of aryl methyl sites for hydroxylation is 1. The lowest BCUT2D eigenvalue weighted by molar-refractivity contribution is 0.254. The summed E-state index contributed by atoms with van der Waals surface area (Å²) in [4.78, 5) is 2.53. The largest absolute Gasteiger partial charge is 0.476 e. The molecule has 0 unspecified atom stereocenters. The second kappa shape index (κ2) is 5.83. The first-order valence-electron chi connectivity index (χ1n) is 7.51. The molecule has 0 amide bonds. The van der Waals surface area contributed by atoms with Crippen molar-refractivity contribution in [2.24, 2.45) is 13.0 Å². The van der Waals surface area contributed by atoms with Gasteiger partial charge in [0.1, 0.15) is 0 Å². The van der Waals surface area contributed by atoms with Crippen LogP contribution in [0.25, 0.3) is 10.9 Å². The average molecular weight is 273 g/mol. The Kier molecular flexibility index (Phi) is 3.92. The molecule has 0 saturated carbocycles. The van der Waals surface area contributed by atoms with Gasteiger partial charge in [0.25, 0.3) is 0 Å². The fraction of sp³-hybridized carbons (Fsp3) is 0.562. The summed E-state index contributed by atoms with van der Waals surface area (Å²) >= 11 is 0. The van der Waals surface area contributed by atoms with Crippen LogP contribution in [0, 0.1) is 5.92 Å². The van der Waals surface area contributed by atoms with E-state index >= 15 is 0 Å². The van der Waals surface area contributed by atoms with Gasteiger partial charge in [0.05, 0.1) is 17.5 Å². The van der Waals surface area contributed by atoms with Gasteiger partial charge in [-0.3, -0.25) is 4.68 Å². The summed E-state index contributed by atoms with van der Waals surface area (Å²) in [5, 5.41) is 5.55. The SMILES string of the molecule is C[C@@H]1CCN(CCCOc2nn(C)c3ccccc23)C1. The average Bonchev–Trinajstić information content (AvgIpc) is 3.00. The minimum Gasteiger partial charge on any atom is -0.476 e. The first-order chi connectivity index (χ1) is 9.74. The van der Waals surface area contributed by atoms with Gasteiger partial charge in [-0.15, -0.1) is 5.10 Å². The molecule has 1 saturated heterocycles. The summed E-state index contributed by atoms with van der Waals surface area (Å²) in [6, 6.07) is 8.20. The van der Waals surface area contributed by atoms with Gasteiger partial charge >= 0.3 is 0 Å². The summed E-state index contributed by atoms with van der Waals surface area (Å²) < 4.78 is 7.75. The van der Waals surface area contributed by atoms with Crippen molar-refractivity contribution >= 4 is 10.9 Å². The van der Waals surface area contributed by atoms with E-state index in [1.54, 1.807) is 0 Å². The van der Waals surface area contributed by atoms with E-state index < -0.39 is 0 Å². The number of hydrogen-bond acceptors (Lipinski definition) is 3. The molecule has 2 heterocycles. The number of hydrogen-bond donors (Lipinski definition) is 0. The monoisotopic (exact) mass is 273 g/mol. The molecule has 4 nitrogen and oxygen atoms in total. The Hall–Kier alpha value is -1.55. The number of para-hydroxylation sites is 1. The van der Waals surface area contributed by atoms with E-state index in [0.29, 0.717) is 0 Å². The highest BCUT2D eigenvalue weighted by Gasteiger charge is 2.17. The maximum atomic E-state index is 5.87. The molecule has 1 fully saturated rings. The minimum absolute atomic E-state index is 0.742. The molecule has 0 N–H and O–H groups in total. The van der Waals surface area contributed by atoms with E-state index in [1.807, 2.05) is 23.9 Å². The van der Waals surface area contributed by atoms with Gasteiger partial charge in [-0.05, 0) is 37.4 Å². The second-order valence-electron chi connectivity index (χ2n) is 5.84. The van der Waals surface area contributed by atoms with Crippen molar-refractivity contribution in [2.45, 2.75) is 19.8 Å². The fourth-order valence-electron chi connectivity index (χ4n) is 2.97. The van der Waals surface area contributed by atoms with Crippen LogP contribution in [-0.2, 0) is 7.05 Å². The van der Waals surface area contributed by atoms with Gasteiger partial charge < -0.3 is 9.64 Å². The van der Waals surface area contributed by atoms with Crippen LogP contribution in [0.5, 0.6) is 5.88 Å². The van der Waals surface area contributed by atoms with Crippen molar-refractivity contribution in [1.82, 2.24) is 14.7 Å². The Labute approximate surface area is 120 Å². The van der Waals surface area contributed by atoms with E-state index in [9.17, 15) is 0 Å². The normalized spacial score (nSPS) is 19.8. The summed E-state index contributed by atoms with van der Waals surface area (Å²) in [6.45, 7) is 6.69. The number of ether oxygens (including phenoxy) is 1. The van der Waals surface area contributed by atoms with Crippen LogP contribution in [0.1, 0.15) is 19.8 Å². The van der Waals surface area contributed by atoms with Crippen molar-refractivity contribution < 1.29 is 4.74 Å². The maximum absolute atomic E-state index is 5.87. The summed E-state index contributed by atoms with van der Waals surface area (Å²) in [7, 11) is 1.96. The van der Waals surface area contributed by atoms with Crippen LogP contribution in [0.15, 0.2) is 24.3 Å². The van der Waals surface area contributed by atoms with Gasteiger partial charge in [0.2, 0.25) is 5.88 Å². The summed E-state index contributed by atoms with van der Waals surface area (Å²) in [5.74, 6) is 1.62. The fourth-order valence-corrected chi connectivity index (χ4v) is 2.97. The maximum Gasteiger partial charge on any atom is 0.240 e. The van der Waals surface area contributed by atoms with Crippen LogP contribution in [0.3, 0.4) is 0 Å². The third-order valence-corrected chi connectivity index (χ3v) is 4.09. The molecule has 0 radical (unpaired) electrons. The van der Waals surface area contributed by atoms with E-state index in [0.717, 1.165) is 42.3 Å². The Balaban J connectivity index is 1.52. The lowest BCUT2D eigenvalue weighted by atomic mass is 10.2. The van der Waals surface area contributed by atoms with E-state index in [2.05, 4.69) is 29.1 Å². The second-order valence-corrected chi connectivity index (χ2v) is 5.84. The van der Waals surface area contributed by atoms with Crippen LogP contribution in [-0.4, -0.2) is 40.9 Å². The predicted octanol–water partition coefficient (Wildman–Crippen LogP) is 2.68. The lowest BCUT2D eigenvalue weighted by Crippen LogP contribution is -2.23. The molecular weight excluding hydrogens is 250 g/mol. The number of nitrogens with zero attached hydrogens (tertiary/aromatic N) is 3. The zero-order valence-corrected chi connectivity index (χ0v) is 12.4. The van der Waals surface area contributed by atoms with E-state index in [1.165, 1.54) is 19.5 Å². The zero-order chi connectivity index (χ0) is 13.9. The number of fused-ring (bicyclic) bond motifs is 1.